The number of halogens is 1. The van der Waals surface area contributed by atoms with Crippen molar-refractivity contribution < 1.29 is 33.3 Å². The van der Waals surface area contributed by atoms with Crippen molar-refractivity contribution in [3.63, 3.8) is 0 Å². The zero-order valence-electron chi connectivity index (χ0n) is 19.7. The van der Waals surface area contributed by atoms with Crippen LogP contribution in [0.25, 0.3) is 6.08 Å². The second kappa shape index (κ2) is 11.0. The fourth-order valence-electron chi connectivity index (χ4n) is 3.38. The summed E-state index contributed by atoms with van der Waals surface area (Å²) in [7, 11) is 3.04. The van der Waals surface area contributed by atoms with Gasteiger partial charge in [-0.15, -0.1) is 0 Å². The molecule has 0 aliphatic carbocycles. The molecule has 3 aromatic rings. The zero-order chi connectivity index (χ0) is 25.7. The second-order valence-corrected chi connectivity index (χ2v) is 7.87. The maximum absolute atomic E-state index is 12.6. The molecule has 0 spiro atoms. The van der Waals surface area contributed by atoms with Gasteiger partial charge in [0.25, 0.3) is 0 Å². The predicted octanol–water partition coefficient (Wildman–Crippen LogP) is 5.32. The first-order chi connectivity index (χ1) is 17.4. The van der Waals surface area contributed by atoms with E-state index >= 15 is 0 Å². The van der Waals surface area contributed by atoms with E-state index in [9.17, 15) is 9.59 Å². The fraction of sp³-hybridized carbons (Fsp3) is 0.148. The fourth-order valence-corrected chi connectivity index (χ4v) is 3.55. The van der Waals surface area contributed by atoms with Crippen LogP contribution < -0.4 is 18.9 Å². The molecule has 0 N–H and O–H groups in total. The highest BCUT2D eigenvalue weighted by atomic mass is 35.5. The van der Waals surface area contributed by atoms with Crippen molar-refractivity contribution >= 4 is 35.5 Å². The van der Waals surface area contributed by atoms with Crippen LogP contribution in [0.1, 0.15) is 28.4 Å². The summed E-state index contributed by atoms with van der Waals surface area (Å²) < 4.78 is 27.0. The van der Waals surface area contributed by atoms with Crippen LogP contribution in [0, 0.1) is 0 Å². The van der Waals surface area contributed by atoms with Gasteiger partial charge in [0, 0.05) is 5.02 Å². The SMILES string of the molecule is CCOc1cc(/C=C2\N=C(c3cc(Cl)ccc3OC)OC2=O)ccc1OC(=O)c1ccc(OC)cc1. The van der Waals surface area contributed by atoms with E-state index in [0.717, 1.165) is 0 Å². The summed E-state index contributed by atoms with van der Waals surface area (Å²) in [6.45, 7) is 2.15. The van der Waals surface area contributed by atoms with Crippen LogP contribution in [0.3, 0.4) is 0 Å². The third kappa shape index (κ3) is 5.50. The monoisotopic (exact) mass is 507 g/mol. The van der Waals surface area contributed by atoms with Crippen molar-refractivity contribution in [2.75, 3.05) is 20.8 Å². The molecule has 0 aromatic heterocycles. The van der Waals surface area contributed by atoms with Crippen LogP contribution in [0.4, 0.5) is 0 Å². The lowest BCUT2D eigenvalue weighted by atomic mass is 10.1. The third-order valence-electron chi connectivity index (χ3n) is 5.11. The van der Waals surface area contributed by atoms with Gasteiger partial charge in [-0.1, -0.05) is 17.7 Å². The van der Waals surface area contributed by atoms with Crippen molar-refractivity contribution in [3.8, 4) is 23.0 Å². The molecule has 1 heterocycles. The Morgan fingerprint density at radius 2 is 1.72 bits per heavy atom. The Morgan fingerprint density at radius 1 is 0.972 bits per heavy atom. The molecule has 4 rings (SSSR count). The van der Waals surface area contributed by atoms with E-state index in [1.54, 1.807) is 73.8 Å². The minimum Gasteiger partial charge on any atom is -0.497 e. The van der Waals surface area contributed by atoms with Crippen LogP contribution in [-0.2, 0) is 9.53 Å². The summed E-state index contributed by atoms with van der Waals surface area (Å²) in [6.07, 6.45) is 1.55. The van der Waals surface area contributed by atoms with E-state index < -0.39 is 11.9 Å². The molecular weight excluding hydrogens is 486 g/mol. The maximum atomic E-state index is 12.6. The van der Waals surface area contributed by atoms with E-state index in [4.69, 9.17) is 35.3 Å². The third-order valence-corrected chi connectivity index (χ3v) is 5.35. The van der Waals surface area contributed by atoms with Crippen LogP contribution in [0.2, 0.25) is 5.02 Å². The first-order valence-electron chi connectivity index (χ1n) is 10.9. The molecule has 0 bridgehead atoms. The number of benzene rings is 3. The highest BCUT2D eigenvalue weighted by Crippen LogP contribution is 2.32. The minimum atomic E-state index is -0.625. The van der Waals surface area contributed by atoms with Crippen molar-refractivity contribution in [2.24, 2.45) is 4.99 Å². The first kappa shape index (κ1) is 24.8. The number of rotatable bonds is 8. The van der Waals surface area contributed by atoms with Gasteiger partial charge in [0.1, 0.15) is 11.5 Å². The van der Waals surface area contributed by atoms with Crippen LogP contribution in [0.15, 0.2) is 71.4 Å². The van der Waals surface area contributed by atoms with Crippen molar-refractivity contribution in [1.82, 2.24) is 0 Å². The largest absolute Gasteiger partial charge is 0.497 e. The highest BCUT2D eigenvalue weighted by Gasteiger charge is 2.27. The smallest absolute Gasteiger partial charge is 0.363 e. The molecule has 36 heavy (non-hydrogen) atoms. The van der Waals surface area contributed by atoms with E-state index in [1.165, 1.54) is 7.11 Å². The van der Waals surface area contributed by atoms with Crippen molar-refractivity contribution in [1.29, 1.82) is 0 Å². The Kier molecular flexibility index (Phi) is 7.56. The van der Waals surface area contributed by atoms with Crippen molar-refractivity contribution in [3.05, 3.63) is 88.1 Å². The lowest BCUT2D eigenvalue weighted by Gasteiger charge is -2.11. The summed E-state index contributed by atoms with van der Waals surface area (Å²) in [5.74, 6) is 0.579. The Morgan fingerprint density at radius 3 is 2.42 bits per heavy atom. The standard InChI is InChI=1S/C27H22ClNO7/c1-4-34-24-14-16(5-11-23(24)35-26(30)17-6-9-19(32-2)10-7-17)13-21-27(31)36-25(29-21)20-15-18(28)8-12-22(20)33-3/h5-15H,4H2,1-3H3/b21-13-. The number of hydrogen-bond acceptors (Lipinski definition) is 8. The maximum Gasteiger partial charge on any atom is 0.363 e. The molecular formula is C27H22ClNO7. The lowest BCUT2D eigenvalue weighted by Crippen LogP contribution is -2.09. The van der Waals surface area contributed by atoms with E-state index in [2.05, 4.69) is 4.99 Å². The summed E-state index contributed by atoms with van der Waals surface area (Å²) in [5, 5.41) is 0.447. The Labute approximate surface area is 212 Å². The molecule has 0 saturated heterocycles. The first-order valence-corrected chi connectivity index (χ1v) is 11.3. The van der Waals surface area contributed by atoms with Gasteiger partial charge in [-0.05, 0) is 73.2 Å². The van der Waals surface area contributed by atoms with Gasteiger partial charge in [0.15, 0.2) is 17.2 Å². The van der Waals surface area contributed by atoms with E-state index in [-0.39, 0.29) is 17.3 Å². The Bertz CT molecular complexity index is 1360. The van der Waals surface area contributed by atoms with Crippen LogP contribution in [-0.4, -0.2) is 38.7 Å². The van der Waals surface area contributed by atoms with Gasteiger partial charge >= 0.3 is 11.9 Å². The molecule has 0 radical (unpaired) electrons. The highest BCUT2D eigenvalue weighted by molar-refractivity contribution is 6.31. The molecule has 184 valence electrons. The quantitative estimate of drug-likeness (QED) is 0.231. The topological polar surface area (TPSA) is 92.6 Å². The van der Waals surface area contributed by atoms with Gasteiger partial charge in [-0.3, -0.25) is 0 Å². The van der Waals surface area contributed by atoms with Crippen LogP contribution >= 0.6 is 11.6 Å². The number of aliphatic imine (C=N–C) groups is 1. The summed E-state index contributed by atoms with van der Waals surface area (Å²) in [5.41, 5.74) is 1.49. The molecule has 1 aliphatic heterocycles. The average molecular weight is 508 g/mol. The number of carbonyl (C=O) groups is 2. The number of nitrogens with zero attached hydrogens (tertiary/aromatic N) is 1. The summed E-state index contributed by atoms with van der Waals surface area (Å²) in [6, 6.07) is 16.4. The minimum absolute atomic E-state index is 0.0810. The van der Waals surface area contributed by atoms with Crippen molar-refractivity contribution in [2.45, 2.75) is 6.92 Å². The average Bonchev–Trinajstić information content (AvgIpc) is 3.25. The van der Waals surface area contributed by atoms with E-state index in [0.29, 0.717) is 45.6 Å². The lowest BCUT2D eigenvalue weighted by molar-refractivity contribution is -0.129. The number of ether oxygens (including phenoxy) is 5. The van der Waals surface area contributed by atoms with Crippen LogP contribution in [0.5, 0.6) is 23.0 Å². The normalized spacial score (nSPS) is 13.7. The molecule has 9 heteroatoms. The Balaban J connectivity index is 1.60. The molecule has 3 aromatic carbocycles. The number of methoxy groups -OCH3 is 2. The molecule has 0 saturated carbocycles. The number of carbonyl (C=O) groups excluding carboxylic acids is 2. The number of hydrogen-bond donors (Lipinski definition) is 0. The van der Waals surface area contributed by atoms with Gasteiger partial charge in [-0.25, -0.2) is 14.6 Å². The molecule has 1 aliphatic rings. The number of cyclic esters (lactones) is 1. The van der Waals surface area contributed by atoms with E-state index in [1.807, 2.05) is 6.92 Å². The van der Waals surface area contributed by atoms with Gasteiger partial charge in [-0.2, -0.15) is 0 Å². The molecule has 0 atom stereocenters. The zero-order valence-corrected chi connectivity index (χ0v) is 20.5. The molecule has 8 nitrogen and oxygen atoms in total. The second-order valence-electron chi connectivity index (χ2n) is 7.44. The molecule has 0 fully saturated rings. The summed E-state index contributed by atoms with van der Waals surface area (Å²) in [4.78, 5) is 29.4. The van der Waals surface area contributed by atoms with Gasteiger partial charge in [0.05, 0.1) is 32.0 Å². The van der Waals surface area contributed by atoms with Gasteiger partial charge in [0.2, 0.25) is 5.90 Å². The predicted molar refractivity (Wildman–Crippen MR) is 134 cm³/mol. The molecule has 0 unspecified atom stereocenters. The van der Waals surface area contributed by atoms with Gasteiger partial charge < -0.3 is 23.7 Å². The number of esters is 2. The summed E-state index contributed by atoms with van der Waals surface area (Å²) >= 11 is 6.08. The molecule has 0 amide bonds. The Hall–Kier alpha value is -4.30.